The van der Waals surface area contributed by atoms with Gasteiger partial charge in [0.15, 0.2) is 11.5 Å². The Bertz CT molecular complexity index is 458. The van der Waals surface area contributed by atoms with E-state index in [1.165, 1.54) is 0 Å². The number of rotatable bonds is 1. The summed E-state index contributed by atoms with van der Waals surface area (Å²) in [5.74, 6) is 1.39. The molecule has 0 bridgehead atoms. The first kappa shape index (κ1) is 9.85. The molecule has 2 atom stereocenters. The summed E-state index contributed by atoms with van der Waals surface area (Å²) in [6.07, 6.45) is 2.24. The Hall–Kier alpha value is -1.35. The van der Waals surface area contributed by atoms with Crippen LogP contribution in [0.25, 0.3) is 11.1 Å². The van der Waals surface area contributed by atoms with Crippen LogP contribution in [0, 0.1) is 0 Å². The van der Waals surface area contributed by atoms with Crippen LogP contribution in [0.15, 0.2) is 28.7 Å². The molecule has 1 aromatic carbocycles. The molecule has 1 aliphatic heterocycles. The highest BCUT2D eigenvalue weighted by Gasteiger charge is 2.24. The number of hydrogen-bond donors (Lipinski definition) is 1. The zero-order valence-corrected chi connectivity index (χ0v) is 9.44. The standard InChI is InChI=1S/C13H16N2O/c1-9-8-10(6-7-14-9)13-15-11-4-2-3-5-12(11)16-13/h2-5,9-10,14H,6-8H2,1H3. The van der Waals surface area contributed by atoms with E-state index in [-0.39, 0.29) is 0 Å². The zero-order chi connectivity index (χ0) is 11.0. The Morgan fingerprint density at radius 1 is 1.38 bits per heavy atom. The SMILES string of the molecule is CC1CC(c2nc3ccccc3o2)CCN1. The van der Waals surface area contributed by atoms with Crippen LogP contribution in [-0.2, 0) is 0 Å². The Labute approximate surface area is 94.9 Å². The minimum absolute atomic E-state index is 0.476. The number of nitrogens with zero attached hydrogens (tertiary/aromatic N) is 1. The first-order valence-electron chi connectivity index (χ1n) is 5.92. The third-order valence-corrected chi connectivity index (χ3v) is 3.28. The van der Waals surface area contributed by atoms with Gasteiger partial charge < -0.3 is 9.73 Å². The fraction of sp³-hybridized carbons (Fsp3) is 0.462. The number of nitrogens with one attached hydrogen (secondary N) is 1. The van der Waals surface area contributed by atoms with Crippen LogP contribution in [0.4, 0.5) is 0 Å². The van der Waals surface area contributed by atoms with Crippen LogP contribution in [-0.4, -0.2) is 17.6 Å². The summed E-state index contributed by atoms with van der Waals surface area (Å²) in [6, 6.07) is 8.54. The molecule has 1 N–H and O–H groups in total. The van der Waals surface area contributed by atoms with Crippen molar-refractivity contribution in [1.82, 2.24) is 10.3 Å². The first-order valence-corrected chi connectivity index (χ1v) is 5.92. The highest BCUT2D eigenvalue weighted by Crippen LogP contribution is 2.29. The maximum Gasteiger partial charge on any atom is 0.198 e. The second kappa shape index (κ2) is 3.91. The molecule has 3 rings (SSSR count). The van der Waals surface area contributed by atoms with Crippen LogP contribution in [0.2, 0.25) is 0 Å². The number of para-hydroxylation sites is 2. The second-order valence-corrected chi connectivity index (χ2v) is 4.60. The van der Waals surface area contributed by atoms with E-state index < -0.39 is 0 Å². The number of hydrogen-bond acceptors (Lipinski definition) is 3. The molecule has 1 aliphatic rings. The van der Waals surface area contributed by atoms with Crippen molar-refractivity contribution in [1.29, 1.82) is 0 Å². The van der Waals surface area contributed by atoms with Gasteiger partial charge in [0.1, 0.15) is 5.52 Å². The summed E-state index contributed by atoms with van der Waals surface area (Å²) in [4.78, 5) is 4.58. The molecule has 3 heteroatoms. The highest BCUT2D eigenvalue weighted by atomic mass is 16.3. The van der Waals surface area contributed by atoms with Gasteiger partial charge in [0.05, 0.1) is 0 Å². The summed E-state index contributed by atoms with van der Waals surface area (Å²) >= 11 is 0. The Morgan fingerprint density at radius 3 is 3.06 bits per heavy atom. The van der Waals surface area contributed by atoms with Crippen molar-refractivity contribution in [2.75, 3.05) is 6.54 Å². The molecule has 0 aliphatic carbocycles. The van der Waals surface area contributed by atoms with Crippen molar-refractivity contribution in [3.63, 3.8) is 0 Å². The normalized spacial score (nSPS) is 26.1. The van der Waals surface area contributed by atoms with E-state index in [4.69, 9.17) is 4.42 Å². The largest absolute Gasteiger partial charge is 0.440 e. The highest BCUT2D eigenvalue weighted by molar-refractivity contribution is 5.72. The van der Waals surface area contributed by atoms with Gasteiger partial charge >= 0.3 is 0 Å². The van der Waals surface area contributed by atoms with Gasteiger partial charge in [-0.3, -0.25) is 0 Å². The van der Waals surface area contributed by atoms with Crippen molar-refractivity contribution < 1.29 is 4.42 Å². The summed E-state index contributed by atoms with van der Waals surface area (Å²) in [5.41, 5.74) is 1.88. The van der Waals surface area contributed by atoms with Crippen LogP contribution >= 0.6 is 0 Å². The van der Waals surface area contributed by atoms with Gasteiger partial charge in [-0.15, -0.1) is 0 Å². The number of piperidine rings is 1. The maximum atomic E-state index is 5.82. The lowest BCUT2D eigenvalue weighted by Gasteiger charge is -2.25. The van der Waals surface area contributed by atoms with Gasteiger partial charge in [0.25, 0.3) is 0 Å². The average Bonchev–Trinajstić information content (AvgIpc) is 2.72. The monoisotopic (exact) mass is 216 g/mol. The predicted molar refractivity (Wildman–Crippen MR) is 63.4 cm³/mol. The number of oxazole rings is 1. The summed E-state index contributed by atoms with van der Waals surface area (Å²) < 4.78 is 5.82. The van der Waals surface area contributed by atoms with E-state index in [1.807, 2.05) is 24.3 Å². The van der Waals surface area contributed by atoms with Crippen molar-refractivity contribution in [2.24, 2.45) is 0 Å². The zero-order valence-electron chi connectivity index (χ0n) is 9.44. The molecule has 1 aromatic heterocycles. The fourth-order valence-corrected chi connectivity index (χ4v) is 2.42. The van der Waals surface area contributed by atoms with Crippen LogP contribution < -0.4 is 5.32 Å². The second-order valence-electron chi connectivity index (χ2n) is 4.60. The lowest BCUT2D eigenvalue weighted by Crippen LogP contribution is -2.34. The van der Waals surface area contributed by atoms with E-state index in [0.29, 0.717) is 12.0 Å². The predicted octanol–water partition coefficient (Wildman–Crippen LogP) is 2.68. The van der Waals surface area contributed by atoms with E-state index in [1.54, 1.807) is 0 Å². The maximum absolute atomic E-state index is 5.82. The van der Waals surface area contributed by atoms with E-state index in [0.717, 1.165) is 36.4 Å². The number of benzene rings is 1. The van der Waals surface area contributed by atoms with E-state index >= 15 is 0 Å². The smallest absolute Gasteiger partial charge is 0.198 e. The minimum Gasteiger partial charge on any atom is -0.440 e. The van der Waals surface area contributed by atoms with Crippen LogP contribution in [0.5, 0.6) is 0 Å². The molecule has 1 fully saturated rings. The fourth-order valence-electron chi connectivity index (χ4n) is 2.42. The molecule has 2 aromatic rings. The molecular weight excluding hydrogens is 200 g/mol. The van der Waals surface area contributed by atoms with Gasteiger partial charge in [0.2, 0.25) is 0 Å². The molecule has 3 nitrogen and oxygen atoms in total. The lowest BCUT2D eigenvalue weighted by molar-refractivity contribution is 0.336. The van der Waals surface area contributed by atoms with Gasteiger partial charge in [0, 0.05) is 12.0 Å². The van der Waals surface area contributed by atoms with Crippen molar-refractivity contribution in [3.8, 4) is 0 Å². The lowest BCUT2D eigenvalue weighted by atomic mass is 9.93. The Balaban J connectivity index is 1.93. The van der Waals surface area contributed by atoms with Gasteiger partial charge in [-0.05, 0) is 38.4 Å². The molecule has 2 unspecified atom stereocenters. The summed E-state index contributed by atoms with van der Waals surface area (Å²) in [7, 11) is 0. The molecule has 2 heterocycles. The van der Waals surface area contributed by atoms with Gasteiger partial charge in [-0.25, -0.2) is 4.98 Å². The van der Waals surface area contributed by atoms with Crippen LogP contribution in [0.3, 0.4) is 0 Å². The van der Waals surface area contributed by atoms with Gasteiger partial charge in [-0.1, -0.05) is 12.1 Å². The van der Waals surface area contributed by atoms with Crippen molar-refractivity contribution in [2.45, 2.75) is 31.7 Å². The summed E-state index contributed by atoms with van der Waals surface area (Å²) in [5, 5.41) is 3.45. The molecule has 84 valence electrons. The third kappa shape index (κ3) is 1.71. The number of fused-ring (bicyclic) bond motifs is 1. The Morgan fingerprint density at radius 2 is 2.25 bits per heavy atom. The molecule has 0 amide bonds. The molecular formula is C13H16N2O. The van der Waals surface area contributed by atoms with E-state index in [2.05, 4.69) is 17.2 Å². The minimum atomic E-state index is 0.476. The molecule has 16 heavy (non-hydrogen) atoms. The summed E-state index contributed by atoms with van der Waals surface area (Å²) in [6.45, 7) is 3.28. The van der Waals surface area contributed by atoms with E-state index in [9.17, 15) is 0 Å². The molecule has 0 spiro atoms. The third-order valence-electron chi connectivity index (χ3n) is 3.28. The van der Waals surface area contributed by atoms with Crippen LogP contribution in [0.1, 0.15) is 31.6 Å². The topological polar surface area (TPSA) is 38.1 Å². The van der Waals surface area contributed by atoms with Crippen molar-refractivity contribution in [3.05, 3.63) is 30.2 Å². The number of aromatic nitrogens is 1. The quantitative estimate of drug-likeness (QED) is 0.796. The molecule has 0 radical (unpaired) electrons. The molecule has 1 saturated heterocycles. The van der Waals surface area contributed by atoms with Gasteiger partial charge in [-0.2, -0.15) is 0 Å². The Kier molecular flexibility index (Phi) is 2.40. The first-order chi connectivity index (χ1) is 7.83. The average molecular weight is 216 g/mol. The molecule has 0 saturated carbocycles. The van der Waals surface area contributed by atoms with Crippen molar-refractivity contribution >= 4 is 11.1 Å².